The van der Waals surface area contributed by atoms with Crippen LogP contribution in [-0.4, -0.2) is 25.5 Å². The SMILES string of the molecule is CCn1ncnc1CC(=O)c1cccc2cccnc12. The Hall–Kier alpha value is -2.56. The molecule has 0 aliphatic rings. The topological polar surface area (TPSA) is 60.7 Å². The smallest absolute Gasteiger partial charge is 0.172 e. The Bertz CT molecular complexity index is 758. The molecule has 0 N–H and O–H groups in total. The number of aromatic nitrogens is 4. The van der Waals surface area contributed by atoms with Gasteiger partial charge in [0.1, 0.15) is 12.2 Å². The molecule has 0 bridgehead atoms. The maximum atomic E-state index is 12.5. The van der Waals surface area contributed by atoms with Crippen LogP contribution in [-0.2, 0) is 13.0 Å². The summed E-state index contributed by atoms with van der Waals surface area (Å²) in [5, 5.41) is 5.05. The van der Waals surface area contributed by atoms with E-state index in [0.717, 1.165) is 10.9 Å². The number of pyridine rings is 1. The molecule has 5 nitrogen and oxygen atoms in total. The molecule has 5 heteroatoms. The van der Waals surface area contributed by atoms with Crippen LogP contribution in [0.3, 0.4) is 0 Å². The Kier molecular flexibility index (Phi) is 3.25. The monoisotopic (exact) mass is 266 g/mol. The first-order valence-corrected chi connectivity index (χ1v) is 6.53. The molecule has 0 radical (unpaired) electrons. The van der Waals surface area contributed by atoms with Crippen LogP contribution in [0.15, 0.2) is 42.9 Å². The highest BCUT2D eigenvalue weighted by Crippen LogP contribution is 2.17. The number of carbonyl (C=O) groups is 1. The summed E-state index contributed by atoms with van der Waals surface area (Å²) in [6.45, 7) is 2.68. The van der Waals surface area contributed by atoms with Gasteiger partial charge in [0.15, 0.2) is 5.78 Å². The molecule has 1 aromatic carbocycles. The van der Waals surface area contributed by atoms with Gasteiger partial charge in [0.05, 0.1) is 11.9 Å². The molecular formula is C15H14N4O. The van der Waals surface area contributed by atoms with E-state index in [1.807, 2.05) is 37.3 Å². The quantitative estimate of drug-likeness (QED) is 0.680. The van der Waals surface area contributed by atoms with Crippen molar-refractivity contribution in [2.24, 2.45) is 0 Å². The van der Waals surface area contributed by atoms with Crippen LogP contribution in [0.4, 0.5) is 0 Å². The molecule has 2 aromatic heterocycles. The summed E-state index contributed by atoms with van der Waals surface area (Å²) in [5.74, 6) is 0.697. The molecule has 0 spiro atoms. The third kappa shape index (κ3) is 2.18. The average molecular weight is 266 g/mol. The minimum atomic E-state index is 0.0111. The Balaban J connectivity index is 1.97. The van der Waals surface area contributed by atoms with Crippen LogP contribution in [0.1, 0.15) is 23.1 Å². The van der Waals surface area contributed by atoms with Gasteiger partial charge in [0.2, 0.25) is 0 Å². The zero-order valence-corrected chi connectivity index (χ0v) is 11.2. The van der Waals surface area contributed by atoms with Crippen molar-refractivity contribution in [3.63, 3.8) is 0 Å². The predicted molar refractivity (Wildman–Crippen MR) is 75.5 cm³/mol. The third-order valence-corrected chi connectivity index (χ3v) is 3.25. The Morgan fingerprint density at radius 3 is 2.90 bits per heavy atom. The van der Waals surface area contributed by atoms with Gasteiger partial charge in [-0.2, -0.15) is 5.10 Å². The number of rotatable bonds is 4. The molecule has 3 rings (SSSR count). The number of carbonyl (C=O) groups excluding carboxylic acids is 1. The zero-order valence-electron chi connectivity index (χ0n) is 11.2. The van der Waals surface area contributed by atoms with Crippen LogP contribution in [0.5, 0.6) is 0 Å². The van der Waals surface area contributed by atoms with Gasteiger partial charge >= 0.3 is 0 Å². The fraction of sp³-hybridized carbons (Fsp3) is 0.200. The van der Waals surface area contributed by atoms with Crippen molar-refractivity contribution in [3.05, 3.63) is 54.2 Å². The van der Waals surface area contributed by atoms with Gasteiger partial charge < -0.3 is 0 Å². The number of para-hydroxylation sites is 1. The van der Waals surface area contributed by atoms with Crippen molar-refractivity contribution in [1.29, 1.82) is 0 Å². The largest absolute Gasteiger partial charge is 0.294 e. The maximum absolute atomic E-state index is 12.5. The van der Waals surface area contributed by atoms with E-state index >= 15 is 0 Å². The molecule has 2 heterocycles. The van der Waals surface area contributed by atoms with Gasteiger partial charge in [-0.15, -0.1) is 0 Å². The fourth-order valence-corrected chi connectivity index (χ4v) is 2.26. The van der Waals surface area contributed by atoms with Crippen molar-refractivity contribution in [1.82, 2.24) is 19.7 Å². The molecule has 0 amide bonds. The summed E-state index contributed by atoms with van der Waals surface area (Å²) in [5.41, 5.74) is 1.37. The molecule has 0 aliphatic heterocycles. The first-order valence-electron chi connectivity index (χ1n) is 6.53. The lowest BCUT2D eigenvalue weighted by Crippen LogP contribution is -2.11. The van der Waals surface area contributed by atoms with Gasteiger partial charge in [0, 0.05) is 23.7 Å². The van der Waals surface area contributed by atoms with Crippen LogP contribution in [0, 0.1) is 0 Å². The lowest BCUT2D eigenvalue weighted by Gasteiger charge is -2.05. The average Bonchev–Trinajstić information content (AvgIpc) is 2.93. The lowest BCUT2D eigenvalue weighted by atomic mass is 10.0. The normalized spacial score (nSPS) is 10.8. The fourth-order valence-electron chi connectivity index (χ4n) is 2.26. The first kappa shape index (κ1) is 12.5. The summed E-state index contributed by atoms with van der Waals surface area (Å²) in [6, 6.07) is 9.46. The van der Waals surface area contributed by atoms with E-state index in [1.165, 1.54) is 6.33 Å². The highest BCUT2D eigenvalue weighted by molar-refractivity contribution is 6.07. The van der Waals surface area contributed by atoms with Crippen molar-refractivity contribution >= 4 is 16.7 Å². The van der Waals surface area contributed by atoms with Gasteiger partial charge in [-0.1, -0.05) is 18.2 Å². The lowest BCUT2D eigenvalue weighted by molar-refractivity contribution is 0.0991. The van der Waals surface area contributed by atoms with E-state index in [1.54, 1.807) is 10.9 Å². The highest BCUT2D eigenvalue weighted by Gasteiger charge is 2.14. The molecule has 3 aromatic rings. The van der Waals surface area contributed by atoms with E-state index in [0.29, 0.717) is 17.9 Å². The number of aryl methyl sites for hydroxylation is 1. The molecule has 100 valence electrons. The molecule has 0 unspecified atom stereocenters. The summed E-state index contributed by atoms with van der Waals surface area (Å²) in [4.78, 5) is 20.9. The number of benzene rings is 1. The Labute approximate surface area is 116 Å². The maximum Gasteiger partial charge on any atom is 0.172 e. The molecule has 20 heavy (non-hydrogen) atoms. The number of Topliss-reactive ketones (excluding diaryl/α,β-unsaturated/α-hetero) is 1. The second-order valence-electron chi connectivity index (χ2n) is 4.47. The number of fused-ring (bicyclic) bond motifs is 1. The second-order valence-corrected chi connectivity index (χ2v) is 4.47. The molecule has 0 atom stereocenters. The van der Waals surface area contributed by atoms with Crippen LogP contribution < -0.4 is 0 Å². The van der Waals surface area contributed by atoms with E-state index < -0.39 is 0 Å². The van der Waals surface area contributed by atoms with E-state index in [9.17, 15) is 4.79 Å². The summed E-state index contributed by atoms with van der Waals surface area (Å²) in [7, 11) is 0. The number of hydrogen-bond acceptors (Lipinski definition) is 4. The standard InChI is InChI=1S/C15H14N4O/c1-2-19-14(17-10-18-19)9-13(20)12-7-3-5-11-6-4-8-16-15(11)12/h3-8,10H,2,9H2,1H3. The van der Waals surface area contributed by atoms with Crippen LogP contribution in [0.25, 0.3) is 10.9 Å². The minimum Gasteiger partial charge on any atom is -0.294 e. The van der Waals surface area contributed by atoms with Crippen molar-refractivity contribution in [2.45, 2.75) is 19.9 Å². The van der Waals surface area contributed by atoms with Gasteiger partial charge in [-0.25, -0.2) is 9.67 Å². The van der Waals surface area contributed by atoms with E-state index in [2.05, 4.69) is 15.1 Å². The summed E-state index contributed by atoms with van der Waals surface area (Å²) >= 11 is 0. The molecule has 0 saturated carbocycles. The van der Waals surface area contributed by atoms with Crippen LogP contribution in [0.2, 0.25) is 0 Å². The zero-order chi connectivity index (χ0) is 13.9. The Morgan fingerprint density at radius 1 is 1.20 bits per heavy atom. The van der Waals surface area contributed by atoms with E-state index in [-0.39, 0.29) is 12.2 Å². The van der Waals surface area contributed by atoms with E-state index in [4.69, 9.17) is 0 Å². The molecular weight excluding hydrogens is 252 g/mol. The predicted octanol–water partition coefficient (Wildman–Crippen LogP) is 2.27. The number of hydrogen-bond donors (Lipinski definition) is 0. The molecule has 0 fully saturated rings. The molecule has 0 aliphatic carbocycles. The van der Waals surface area contributed by atoms with Crippen molar-refractivity contribution in [3.8, 4) is 0 Å². The Morgan fingerprint density at radius 2 is 2.05 bits per heavy atom. The van der Waals surface area contributed by atoms with Gasteiger partial charge in [0.25, 0.3) is 0 Å². The number of nitrogens with zero attached hydrogens (tertiary/aromatic N) is 4. The molecule has 0 saturated heterocycles. The minimum absolute atomic E-state index is 0.0111. The van der Waals surface area contributed by atoms with Gasteiger partial charge in [-0.05, 0) is 19.1 Å². The van der Waals surface area contributed by atoms with Crippen molar-refractivity contribution < 1.29 is 4.79 Å². The van der Waals surface area contributed by atoms with Gasteiger partial charge in [-0.3, -0.25) is 9.78 Å². The van der Waals surface area contributed by atoms with Crippen LogP contribution >= 0.6 is 0 Å². The highest BCUT2D eigenvalue weighted by atomic mass is 16.1. The second kappa shape index (κ2) is 5.21. The van der Waals surface area contributed by atoms with Crippen molar-refractivity contribution in [2.75, 3.05) is 0 Å². The summed E-state index contributed by atoms with van der Waals surface area (Å²) in [6.07, 6.45) is 3.42. The third-order valence-electron chi connectivity index (χ3n) is 3.25. The summed E-state index contributed by atoms with van der Waals surface area (Å²) < 4.78 is 1.73. The number of ketones is 1. The first-order chi connectivity index (χ1) is 9.79.